The quantitative estimate of drug-likeness (QED) is 0.814. The van der Waals surface area contributed by atoms with Crippen molar-refractivity contribution < 1.29 is 5.11 Å². The van der Waals surface area contributed by atoms with Crippen LogP contribution in [0.3, 0.4) is 0 Å². The minimum absolute atomic E-state index is 0.341. The Balaban J connectivity index is 1.77. The molecule has 1 unspecified atom stereocenters. The highest BCUT2D eigenvalue weighted by Crippen LogP contribution is 2.32. The molecule has 3 rings (SSSR count). The topological polar surface area (TPSA) is 71.1 Å². The van der Waals surface area contributed by atoms with Crippen molar-refractivity contribution in [1.82, 2.24) is 4.90 Å². The molecular weight excluding hydrogens is 322 g/mol. The number of hydrogen-bond donors (Lipinski definition) is 2. The Morgan fingerprint density at radius 3 is 2.77 bits per heavy atom. The van der Waals surface area contributed by atoms with Gasteiger partial charge in [0.1, 0.15) is 5.60 Å². The lowest BCUT2D eigenvalue weighted by Crippen LogP contribution is -2.30. The van der Waals surface area contributed by atoms with E-state index in [1.807, 2.05) is 49.4 Å². The van der Waals surface area contributed by atoms with Crippen molar-refractivity contribution >= 4 is 5.71 Å². The molecule has 26 heavy (non-hydrogen) atoms. The largest absolute Gasteiger partial charge is 0.384 e. The first-order valence-corrected chi connectivity index (χ1v) is 8.80. The van der Waals surface area contributed by atoms with Crippen LogP contribution in [0.1, 0.15) is 35.6 Å². The van der Waals surface area contributed by atoms with Crippen molar-refractivity contribution in [2.45, 2.75) is 25.5 Å². The third kappa shape index (κ3) is 3.75. The van der Waals surface area contributed by atoms with Crippen molar-refractivity contribution in [3.05, 3.63) is 82.9 Å². The van der Waals surface area contributed by atoms with Gasteiger partial charge in [0.05, 0.1) is 17.3 Å². The van der Waals surface area contributed by atoms with Crippen molar-refractivity contribution in [3.63, 3.8) is 0 Å². The highest BCUT2D eigenvalue weighted by atomic mass is 16.3. The Bertz CT molecular complexity index is 867. The van der Waals surface area contributed by atoms with Crippen molar-refractivity contribution in [2.24, 2.45) is 0 Å². The van der Waals surface area contributed by atoms with Gasteiger partial charge in [0.15, 0.2) is 0 Å². The van der Waals surface area contributed by atoms with E-state index in [4.69, 9.17) is 5.41 Å². The van der Waals surface area contributed by atoms with E-state index < -0.39 is 5.60 Å². The van der Waals surface area contributed by atoms with Gasteiger partial charge in [0, 0.05) is 25.2 Å². The number of benzene rings is 2. The molecule has 4 nitrogen and oxygen atoms in total. The number of likely N-dealkylation sites (tertiary alicyclic amines) is 1. The Labute approximate surface area is 154 Å². The fourth-order valence-corrected chi connectivity index (χ4v) is 3.51. The van der Waals surface area contributed by atoms with Crippen LogP contribution in [0.5, 0.6) is 0 Å². The lowest BCUT2D eigenvalue weighted by atomic mass is 9.93. The van der Waals surface area contributed by atoms with Gasteiger partial charge in [-0.3, -0.25) is 4.90 Å². The number of nitriles is 1. The van der Waals surface area contributed by atoms with Crippen molar-refractivity contribution in [3.8, 4) is 6.07 Å². The molecule has 0 aliphatic carbocycles. The van der Waals surface area contributed by atoms with Gasteiger partial charge in [-0.05, 0) is 42.7 Å². The van der Waals surface area contributed by atoms with E-state index in [1.165, 1.54) is 0 Å². The second-order valence-electron chi connectivity index (χ2n) is 6.76. The molecule has 1 saturated heterocycles. The third-order valence-corrected chi connectivity index (χ3v) is 4.87. The van der Waals surface area contributed by atoms with Gasteiger partial charge < -0.3 is 10.5 Å². The average molecular weight is 345 g/mol. The van der Waals surface area contributed by atoms with Crippen molar-refractivity contribution in [2.75, 3.05) is 13.1 Å². The van der Waals surface area contributed by atoms with Crippen LogP contribution >= 0.6 is 0 Å². The summed E-state index contributed by atoms with van der Waals surface area (Å²) >= 11 is 0. The van der Waals surface area contributed by atoms with Crippen LogP contribution < -0.4 is 0 Å². The number of rotatable bonds is 5. The highest BCUT2D eigenvalue weighted by Gasteiger charge is 2.37. The number of nitrogens with zero attached hydrogens (tertiary/aromatic N) is 2. The van der Waals surface area contributed by atoms with E-state index in [0.29, 0.717) is 36.3 Å². The summed E-state index contributed by atoms with van der Waals surface area (Å²) in [6.07, 6.45) is 4.20. The third-order valence-electron chi connectivity index (χ3n) is 4.87. The first-order chi connectivity index (χ1) is 12.6. The summed E-state index contributed by atoms with van der Waals surface area (Å²) in [6, 6.07) is 17.6. The Morgan fingerprint density at radius 1 is 1.31 bits per heavy atom. The lowest BCUT2D eigenvalue weighted by Gasteiger charge is -2.24. The van der Waals surface area contributed by atoms with Gasteiger partial charge >= 0.3 is 0 Å². The van der Waals surface area contributed by atoms with Crippen LogP contribution in [-0.2, 0) is 12.1 Å². The molecule has 1 atom stereocenters. The zero-order valence-electron chi connectivity index (χ0n) is 14.9. The fraction of sp³-hybridized carbons (Fsp3) is 0.273. The molecule has 0 radical (unpaired) electrons. The maximum absolute atomic E-state index is 11.0. The smallest absolute Gasteiger partial charge is 0.103 e. The molecule has 4 heteroatoms. The molecule has 0 spiro atoms. The minimum Gasteiger partial charge on any atom is -0.384 e. The van der Waals surface area contributed by atoms with E-state index in [-0.39, 0.29) is 0 Å². The van der Waals surface area contributed by atoms with E-state index in [0.717, 1.165) is 17.7 Å². The first-order valence-electron chi connectivity index (χ1n) is 8.80. The predicted molar refractivity (Wildman–Crippen MR) is 103 cm³/mol. The monoisotopic (exact) mass is 345 g/mol. The Morgan fingerprint density at radius 2 is 2.08 bits per heavy atom. The van der Waals surface area contributed by atoms with Gasteiger partial charge in [-0.15, -0.1) is 0 Å². The van der Waals surface area contributed by atoms with Gasteiger partial charge in [0.25, 0.3) is 0 Å². The summed E-state index contributed by atoms with van der Waals surface area (Å²) in [7, 11) is 0. The normalized spacial score (nSPS) is 20.3. The lowest BCUT2D eigenvalue weighted by molar-refractivity contribution is 0.0453. The average Bonchev–Trinajstić information content (AvgIpc) is 3.04. The maximum atomic E-state index is 11.0. The molecule has 1 aliphatic rings. The molecule has 0 saturated carbocycles. The standard InChI is InChI=1S/C22H23N3O/c1-2-6-21(24)20-13-17(9-10-18(20)14-23)15-25-12-11-22(26,16-25)19-7-4-3-5-8-19/h2-10,13,24,26H,11-12,15-16H2,1H3/b6-2-,24-21?. The summed E-state index contributed by atoms with van der Waals surface area (Å²) in [5.74, 6) is 0. The van der Waals surface area contributed by atoms with Crippen LogP contribution in [0.25, 0.3) is 0 Å². The summed E-state index contributed by atoms with van der Waals surface area (Å²) in [5.41, 5.74) is 2.70. The number of aliphatic hydroxyl groups is 1. The van der Waals surface area contributed by atoms with Gasteiger partial charge in [0.2, 0.25) is 0 Å². The summed E-state index contributed by atoms with van der Waals surface area (Å²) < 4.78 is 0. The fourth-order valence-electron chi connectivity index (χ4n) is 3.51. The van der Waals surface area contributed by atoms with Crippen LogP contribution in [0.2, 0.25) is 0 Å². The van der Waals surface area contributed by atoms with Gasteiger partial charge in [-0.25, -0.2) is 0 Å². The Kier molecular flexibility index (Phi) is 5.32. The second-order valence-corrected chi connectivity index (χ2v) is 6.76. The molecule has 2 aromatic rings. The summed E-state index contributed by atoms with van der Waals surface area (Å²) in [6.45, 7) is 3.95. The molecule has 1 fully saturated rings. The zero-order valence-corrected chi connectivity index (χ0v) is 14.9. The molecular formula is C22H23N3O. The summed E-state index contributed by atoms with van der Waals surface area (Å²) in [4.78, 5) is 2.22. The molecule has 2 N–H and O–H groups in total. The molecule has 0 amide bonds. The number of nitrogens with one attached hydrogen (secondary N) is 1. The Hall–Kier alpha value is -2.74. The van der Waals surface area contributed by atoms with E-state index in [9.17, 15) is 10.4 Å². The molecule has 132 valence electrons. The molecule has 0 bridgehead atoms. The predicted octanol–water partition coefficient (Wildman–Crippen LogP) is 3.60. The van der Waals surface area contributed by atoms with Crippen LogP contribution in [0.15, 0.2) is 60.7 Å². The summed E-state index contributed by atoms with van der Waals surface area (Å²) in [5, 5.41) is 28.4. The zero-order chi connectivity index (χ0) is 18.6. The van der Waals surface area contributed by atoms with Crippen LogP contribution in [0.4, 0.5) is 0 Å². The second kappa shape index (κ2) is 7.65. The number of hydrogen-bond acceptors (Lipinski definition) is 4. The van der Waals surface area contributed by atoms with Gasteiger partial charge in [-0.2, -0.15) is 5.26 Å². The van der Waals surface area contributed by atoms with Crippen molar-refractivity contribution in [1.29, 1.82) is 10.7 Å². The van der Waals surface area contributed by atoms with E-state index in [1.54, 1.807) is 18.2 Å². The molecule has 2 aromatic carbocycles. The number of β-amino-alcohol motifs (C(OH)–C–C–N with tert-alkyl or cyclic N) is 1. The SMILES string of the molecule is C/C=C\C(=N)c1cc(CN2CCC(O)(c3ccccc3)C2)ccc1C#N. The van der Waals surface area contributed by atoms with E-state index >= 15 is 0 Å². The maximum Gasteiger partial charge on any atom is 0.103 e. The highest BCUT2D eigenvalue weighted by molar-refractivity contribution is 6.08. The molecule has 0 aromatic heterocycles. The van der Waals surface area contributed by atoms with E-state index in [2.05, 4.69) is 11.0 Å². The molecule has 1 heterocycles. The first kappa shape index (κ1) is 18.1. The minimum atomic E-state index is -0.811. The van der Waals surface area contributed by atoms with Crippen LogP contribution in [0, 0.1) is 16.7 Å². The molecule has 1 aliphatic heterocycles. The van der Waals surface area contributed by atoms with Crippen LogP contribution in [-0.4, -0.2) is 28.8 Å². The number of allylic oxidation sites excluding steroid dienone is 2. The van der Waals surface area contributed by atoms with Gasteiger partial charge in [-0.1, -0.05) is 42.5 Å².